The summed E-state index contributed by atoms with van der Waals surface area (Å²) in [5.41, 5.74) is 4.18. The number of carbonyl (C=O) groups excluding carboxylic acids is 2. The quantitative estimate of drug-likeness (QED) is 0.402. The Morgan fingerprint density at radius 3 is 2.57 bits per heavy atom. The van der Waals surface area contributed by atoms with Crippen molar-refractivity contribution in [3.05, 3.63) is 35.4 Å². The average molecular weight is 290 g/mol. The lowest BCUT2D eigenvalue weighted by Crippen LogP contribution is -2.41. The molecule has 0 radical (unpaired) electrons. The SMILES string of the molecule is CNC(=O)C1CCCN1Cc1ccc(CC(=O)NN)cc1. The van der Waals surface area contributed by atoms with Gasteiger partial charge in [-0.2, -0.15) is 0 Å². The molecule has 2 rings (SSSR count). The van der Waals surface area contributed by atoms with Gasteiger partial charge in [-0.25, -0.2) is 5.84 Å². The van der Waals surface area contributed by atoms with Crippen LogP contribution in [-0.2, 0) is 22.6 Å². The topological polar surface area (TPSA) is 87.5 Å². The number of likely N-dealkylation sites (N-methyl/N-ethyl adjacent to an activating group) is 1. The minimum absolute atomic E-state index is 0.0299. The summed E-state index contributed by atoms with van der Waals surface area (Å²) in [7, 11) is 1.68. The molecule has 0 saturated carbocycles. The molecular formula is C15H22N4O2. The first-order valence-electron chi connectivity index (χ1n) is 7.17. The Kier molecular flexibility index (Phi) is 5.30. The van der Waals surface area contributed by atoms with Crippen molar-refractivity contribution in [2.24, 2.45) is 5.84 Å². The Morgan fingerprint density at radius 2 is 1.95 bits per heavy atom. The fourth-order valence-electron chi connectivity index (χ4n) is 2.71. The second-order valence-corrected chi connectivity index (χ2v) is 5.30. The molecule has 0 aromatic heterocycles. The number of nitrogens with two attached hydrogens (primary N) is 1. The maximum absolute atomic E-state index is 11.8. The van der Waals surface area contributed by atoms with Crippen LogP contribution in [0.25, 0.3) is 0 Å². The van der Waals surface area contributed by atoms with Gasteiger partial charge in [-0.3, -0.25) is 19.9 Å². The smallest absolute Gasteiger partial charge is 0.238 e. The van der Waals surface area contributed by atoms with Gasteiger partial charge in [0.15, 0.2) is 0 Å². The number of amides is 2. The van der Waals surface area contributed by atoms with Gasteiger partial charge in [-0.15, -0.1) is 0 Å². The Hall–Kier alpha value is -1.92. The molecule has 1 heterocycles. The van der Waals surface area contributed by atoms with E-state index in [2.05, 4.69) is 15.6 Å². The first-order chi connectivity index (χ1) is 10.1. The minimum Gasteiger partial charge on any atom is -0.358 e. The molecule has 4 N–H and O–H groups in total. The van der Waals surface area contributed by atoms with Crippen molar-refractivity contribution < 1.29 is 9.59 Å². The summed E-state index contributed by atoms with van der Waals surface area (Å²) < 4.78 is 0. The summed E-state index contributed by atoms with van der Waals surface area (Å²) in [5, 5.41) is 2.72. The Labute approximate surface area is 124 Å². The molecule has 1 unspecified atom stereocenters. The van der Waals surface area contributed by atoms with Crippen molar-refractivity contribution in [2.75, 3.05) is 13.6 Å². The number of likely N-dealkylation sites (tertiary alicyclic amines) is 1. The standard InChI is InChI=1S/C15H22N4O2/c1-17-15(21)13-3-2-8-19(13)10-12-6-4-11(5-7-12)9-14(20)18-16/h4-7,13H,2-3,8-10,16H2,1H3,(H,17,21)(H,18,20). The van der Waals surface area contributed by atoms with Crippen molar-refractivity contribution in [3.63, 3.8) is 0 Å². The average Bonchev–Trinajstić information content (AvgIpc) is 2.96. The molecule has 21 heavy (non-hydrogen) atoms. The molecule has 1 aliphatic heterocycles. The first-order valence-corrected chi connectivity index (χ1v) is 7.17. The van der Waals surface area contributed by atoms with Crippen LogP contribution in [0.1, 0.15) is 24.0 Å². The minimum atomic E-state index is -0.207. The molecule has 1 saturated heterocycles. The highest BCUT2D eigenvalue weighted by Crippen LogP contribution is 2.20. The molecule has 2 amide bonds. The predicted molar refractivity (Wildman–Crippen MR) is 80.0 cm³/mol. The number of rotatable bonds is 5. The number of hydrazine groups is 1. The zero-order valence-electron chi connectivity index (χ0n) is 12.3. The van der Waals surface area contributed by atoms with Crippen molar-refractivity contribution in [3.8, 4) is 0 Å². The Balaban J connectivity index is 1.96. The van der Waals surface area contributed by atoms with Crippen molar-refractivity contribution in [1.29, 1.82) is 0 Å². The summed E-state index contributed by atoms with van der Waals surface area (Å²) in [6.07, 6.45) is 2.24. The third-order valence-corrected chi connectivity index (χ3v) is 3.85. The van der Waals surface area contributed by atoms with E-state index in [0.717, 1.165) is 37.1 Å². The summed E-state index contributed by atoms with van der Waals surface area (Å²) in [6, 6.07) is 7.82. The van der Waals surface area contributed by atoms with Gasteiger partial charge in [0.25, 0.3) is 0 Å². The molecule has 6 heteroatoms. The van der Waals surface area contributed by atoms with E-state index in [0.29, 0.717) is 0 Å². The third kappa shape index (κ3) is 4.03. The van der Waals surface area contributed by atoms with Crippen LogP contribution in [0.4, 0.5) is 0 Å². The monoisotopic (exact) mass is 290 g/mol. The molecule has 1 aromatic carbocycles. The van der Waals surface area contributed by atoms with Gasteiger partial charge in [0, 0.05) is 13.6 Å². The van der Waals surface area contributed by atoms with E-state index in [4.69, 9.17) is 5.84 Å². The normalized spacial score (nSPS) is 18.5. The van der Waals surface area contributed by atoms with E-state index in [1.165, 1.54) is 0 Å². The van der Waals surface area contributed by atoms with Crippen LogP contribution in [0.15, 0.2) is 24.3 Å². The molecule has 0 bridgehead atoms. The molecule has 1 fully saturated rings. The van der Waals surface area contributed by atoms with Gasteiger partial charge in [0.1, 0.15) is 0 Å². The maximum atomic E-state index is 11.8. The molecule has 6 nitrogen and oxygen atoms in total. The van der Waals surface area contributed by atoms with Crippen molar-refractivity contribution >= 4 is 11.8 Å². The van der Waals surface area contributed by atoms with E-state index >= 15 is 0 Å². The predicted octanol–water partition coefficient (Wildman–Crippen LogP) is -0.0706. The third-order valence-electron chi connectivity index (χ3n) is 3.85. The van der Waals surface area contributed by atoms with Crippen molar-refractivity contribution in [1.82, 2.24) is 15.6 Å². The van der Waals surface area contributed by atoms with Crippen LogP contribution in [0.3, 0.4) is 0 Å². The van der Waals surface area contributed by atoms with Crippen LogP contribution in [0.2, 0.25) is 0 Å². The highest BCUT2D eigenvalue weighted by atomic mass is 16.2. The van der Waals surface area contributed by atoms with Crippen LogP contribution < -0.4 is 16.6 Å². The fourth-order valence-corrected chi connectivity index (χ4v) is 2.71. The van der Waals surface area contributed by atoms with E-state index < -0.39 is 0 Å². The molecular weight excluding hydrogens is 268 g/mol. The molecule has 1 atom stereocenters. The van der Waals surface area contributed by atoms with E-state index in [9.17, 15) is 9.59 Å². The van der Waals surface area contributed by atoms with Gasteiger partial charge in [0.05, 0.1) is 12.5 Å². The van der Waals surface area contributed by atoms with Gasteiger partial charge in [0.2, 0.25) is 11.8 Å². The molecule has 1 aromatic rings. The summed E-state index contributed by atoms with van der Waals surface area (Å²) in [4.78, 5) is 25.2. The van der Waals surface area contributed by atoms with Crippen LogP contribution in [0, 0.1) is 0 Å². The zero-order valence-corrected chi connectivity index (χ0v) is 12.3. The first kappa shape index (κ1) is 15.5. The van der Waals surface area contributed by atoms with E-state index in [-0.39, 0.29) is 24.3 Å². The molecule has 114 valence electrons. The highest BCUT2D eigenvalue weighted by Gasteiger charge is 2.29. The van der Waals surface area contributed by atoms with E-state index in [1.54, 1.807) is 7.05 Å². The highest BCUT2D eigenvalue weighted by molar-refractivity contribution is 5.81. The molecule has 1 aliphatic rings. The second-order valence-electron chi connectivity index (χ2n) is 5.30. The van der Waals surface area contributed by atoms with Gasteiger partial charge in [-0.1, -0.05) is 24.3 Å². The Morgan fingerprint density at radius 1 is 1.29 bits per heavy atom. The lowest BCUT2D eigenvalue weighted by molar-refractivity contribution is -0.125. The lowest BCUT2D eigenvalue weighted by atomic mass is 10.1. The largest absolute Gasteiger partial charge is 0.358 e. The zero-order chi connectivity index (χ0) is 15.2. The van der Waals surface area contributed by atoms with Crippen molar-refractivity contribution in [2.45, 2.75) is 31.8 Å². The maximum Gasteiger partial charge on any atom is 0.238 e. The van der Waals surface area contributed by atoms with Crippen LogP contribution in [0.5, 0.6) is 0 Å². The van der Waals surface area contributed by atoms with Gasteiger partial charge < -0.3 is 5.32 Å². The van der Waals surface area contributed by atoms with E-state index in [1.807, 2.05) is 24.3 Å². The lowest BCUT2D eigenvalue weighted by Gasteiger charge is -2.23. The van der Waals surface area contributed by atoms with Crippen LogP contribution >= 0.6 is 0 Å². The summed E-state index contributed by atoms with van der Waals surface area (Å²) in [5.74, 6) is 4.95. The second kappa shape index (κ2) is 7.19. The number of hydrogen-bond donors (Lipinski definition) is 3. The number of hydrogen-bond acceptors (Lipinski definition) is 4. The number of benzene rings is 1. The van der Waals surface area contributed by atoms with Gasteiger partial charge in [-0.05, 0) is 30.5 Å². The summed E-state index contributed by atoms with van der Waals surface area (Å²) >= 11 is 0. The number of nitrogens with zero attached hydrogens (tertiary/aromatic N) is 1. The molecule has 0 spiro atoms. The number of carbonyl (C=O) groups is 2. The van der Waals surface area contributed by atoms with Crippen LogP contribution in [-0.4, -0.2) is 36.3 Å². The Bertz CT molecular complexity index is 501. The number of nitrogens with one attached hydrogen (secondary N) is 2. The van der Waals surface area contributed by atoms with Gasteiger partial charge >= 0.3 is 0 Å². The summed E-state index contributed by atoms with van der Waals surface area (Å²) in [6.45, 7) is 1.69. The fraction of sp³-hybridized carbons (Fsp3) is 0.467. The molecule has 0 aliphatic carbocycles.